The molecule has 0 unspecified atom stereocenters. The van der Waals surface area contributed by atoms with Crippen LogP contribution >= 0.6 is 0 Å². The van der Waals surface area contributed by atoms with Crippen molar-refractivity contribution in [2.45, 2.75) is 51.6 Å². The molecule has 0 bridgehead atoms. The molecule has 1 saturated carbocycles. The first-order valence-corrected chi connectivity index (χ1v) is 8.12. The van der Waals surface area contributed by atoms with Crippen molar-refractivity contribution in [1.29, 1.82) is 0 Å². The highest BCUT2D eigenvalue weighted by molar-refractivity contribution is 5.27. The molecule has 0 aromatic heterocycles. The van der Waals surface area contributed by atoms with Gasteiger partial charge in [0, 0.05) is 12.6 Å². The molecule has 0 amide bonds. The summed E-state index contributed by atoms with van der Waals surface area (Å²) in [6, 6.07) is 9.70. The molecule has 0 radical (unpaired) electrons. The predicted molar refractivity (Wildman–Crippen MR) is 87.0 cm³/mol. The molecule has 1 aliphatic carbocycles. The SMILES string of the molecule is CNCCc1ccccc1CN(C)C1CCC(C)CC1. The van der Waals surface area contributed by atoms with Crippen molar-refractivity contribution < 1.29 is 0 Å². The average molecular weight is 274 g/mol. The van der Waals surface area contributed by atoms with Crippen molar-refractivity contribution in [2.24, 2.45) is 5.92 Å². The standard InChI is InChI=1S/C18H30N2/c1-15-8-10-18(11-9-15)20(3)14-17-7-5-4-6-16(17)12-13-19-2/h4-7,15,18-19H,8-14H2,1-3H3. The zero-order chi connectivity index (χ0) is 14.4. The molecule has 0 heterocycles. The third-order valence-electron chi connectivity index (χ3n) is 4.79. The van der Waals surface area contributed by atoms with Gasteiger partial charge in [-0.3, -0.25) is 4.90 Å². The Morgan fingerprint density at radius 3 is 2.40 bits per heavy atom. The highest BCUT2D eigenvalue weighted by atomic mass is 15.1. The van der Waals surface area contributed by atoms with E-state index in [0.29, 0.717) is 0 Å². The highest BCUT2D eigenvalue weighted by Crippen LogP contribution is 2.27. The van der Waals surface area contributed by atoms with Crippen molar-refractivity contribution in [3.05, 3.63) is 35.4 Å². The maximum absolute atomic E-state index is 3.25. The van der Waals surface area contributed by atoms with E-state index in [1.807, 2.05) is 7.05 Å². The Kier molecular flexibility index (Phi) is 6.06. The molecule has 1 N–H and O–H groups in total. The molecule has 0 aliphatic heterocycles. The van der Waals surface area contributed by atoms with E-state index in [1.165, 1.54) is 36.8 Å². The molecule has 1 aromatic rings. The summed E-state index contributed by atoms with van der Waals surface area (Å²) in [6.45, 7) is 4.55. The number of hydrogen-bond acceptors (Lipinski definition) is 2. The number of nitrogens with one attached hydrogen (secondary N) is 1. The van der Waals surface area contributed by atoms with Gasteiger partial charge in [0.05, 0.1) is 0 Å². The van der Waals surface area contributed by atoms with Crippen LogP contribution in [0.25, 0.3) is 0 Å². The lowest BCUT2D eigenvalue weighted by atomic mass is 9.86. The van der Waals surface area contributed by atoms with Crippen LogP contribution < -0.4 is 5.32 Å². The summed E-state index contributed by atoms with van der Waals surface area (Å²) < 4.78 is 0. The van der Waals surface area contributed by atoms with E-state index in [-0.39, 0.29) is 0 Å². The Morgan fingerprint density at radius 2 is 1.75 bits per heavy atom. The molecule has 1 aliphatic rings. The summed E-state index contributed by atoms with van der Waals surface area (Å²) in [6.07, 6.45) is 6.67. The van der Waals surface area contributed by atoms with Crippen molar-refractivity contribution >= 4 is 0 Å². The number of rotatable bonds is 6. The van der Waals surface area contributed by atoms with Gasteiger partial charge in [0.15, 0.2) is 0 Å². The van der Waals surface area contributed by atoms with Crippen molar-refractivity contribution in [1.82, 2.24) is 10.2 Å². The first-order valence-electron chi connectivity index (χ1n) is 8.12. The second-order valence-corrected chi connectivity index (χ2v) is 6.45. The fourth-order valence-electron chi connectivity index (χ4n) is 3.30. The minimum atomic E-state index is 0.781. The van der Waals surface area contributed by atoms with Crippen LogP contribution in [0.5, 0.6) is 0 Å². The average Bonchev–Trinajstić information content (AvgIpc) is 2.47. The largest absolute Gasteiger partial charge is 0.319 e. The van der Waals surface area contributed by atoms with Gasteiger partial charge >= 0.3 is 0 Å². The van der Waals surface area contributed by atoms with Gasteiger partial charge in [0.1, 0.15) is 0 Å². The molecular weight excluding hydrogens is 244 g/mol. The fourth-order valence-corrected chi connectivity index (χ4v) is 3.30. The van der Waals surface area contributed by atoms with Gasteiger partial charge in [-0.05, 0) is 69.8 Å². The maximum Gasteiger partial charge on any atom is 0.0236 e. The second kappa shape index (κ2) is 7.80. The Morgan fingerprint density at radius 1 is 1.10 bits per heavy atom. The first-order chi connectivity index (χ1) is 9.70. The Balaban J connectivity index is 1.94. The number of benzene rings is 1. The summed E-state index contributed by atoms with van der Waals surface area (Å²) in [4.78, 5) is 2.57. The lowest BCUT2D eigenvalue weighted by Gasteiger charge is -2.34. The van der Waals surface area contributed by atoms with Gasteiger partial charge in [0.25, 0.3) is 0 Å². The molecule has 112 valence electrons. The first kappa shape index (κ1) is 15.5. The third kappa shape index (κ3) is 4.32. The lowest BCUT2D eigenvalue weighted by Crippen LogP contribution is -2.34. The van der Waals surface area contributed by atoms with Crippen LogP contribution in [-0.4, -0.2) is 31.6 Å². The molecule has 2 rings (SSSR count). The van der Waals surface area contributed by atoms with E-state index in [9.17, 15) is 0 Å². The molecule has 2 heteroatoms. The minimum Gasteiger partial charge on any atom is -0.319 e. The number of hydrogen-bond donors (Lipinski definition) is 1. The van der Waals surface area contributed by atoms with E-state index in [1.54, 1.807) is 0 Å². The third-order valence-corrected chi connectivity index (χ3v) is 4.79. The number of nitrogens with zero attached hydrogens (tertiary/aromatic N) is 1. The normalized spacial score (nSPS) is 23.2. The molecular formula is C18H30N2. The number of likely N-dealkylation sites (N-methyl/N-ethyl adjacent to an activating group) is 1. The summed E-state index contributed by atoms with van der Waals surface area (Å²) in [5.74, 6) is 0.933. The van der Waals surface area contributed by atoms with Crippen molar-refractivity contribution in [3.63, 3.8) is 0 Å². The maximum atomic E-state index is 3.25. The van der Waals surface area contributed by atoms with E-state index in [4.69, 9.17) is 0 Å². The van der Waals surface area contributed by atoms with E-state index >= 15 is 0 Å². The van der Waals surface area contributed by atoms with Gasteiger partial charge in [-0.2, -0.15) is 0 Å². The highest BCUT2D eigenvalue weighted by Gasteiger charge is 2.21. The van der Waals surface area contributed by atoms with Gasteiger partial charge in [-0.15, -0.1) is 0 Å². The Labute approximate surface area is 124 Å². The second-order valence-electron chi connectivity index (χ2n) is 6.45. The van der Waals surface area contributed by atoms with Crippen LogP contribution in [0, 0.1) is 5.92 Å². The molecule has 1 fully saturated rings. The van der Waals surface area contributed by atoms with Crippen LogP contribution in [0.4, 0.5) is 0 Å². The quantitative estimate of drug-likeness (QED) is 0.854. The van der Waals surface area contributed by atoms with Crippen LogP contribution in [0.1, 0.15) is 43.7 Å². The minimum absolute atomic E-state index is 0.781. The van der Waals surface area contributed by atoms with Crippen LogP contribution in [0.15, 0.2) is 24.3 Å². The monoisotopic (exact) mass is 274 g/mol. The molecule has 0 spiro atoms. The lowest BCUT2D eigenvalue weighted by molar-refractivity contribution is 0.163. The van der Waals surface area contributed by atoms with Gasteiger partial charge in [-0.25, -0.2) is 0 Å². The fraction of sp³-hybridized carbons (Fsp3) is 0.667. The smallest absolute Gasteiger partial charge is 0.0236 e. The van der Waals surface area contributed by atoms with Gasteiger partial charge in [0.2, 0.25) is 0 Å². The Bertz CT molecular complexity index is 394. The topological polar surface area (TPSA) is 15.3 Å². The summed E-state index contributed by atoms with van der Waals surface area (Å²) in [5.41, 5.74) is 3.00. The molecule has 0 atom stereocenters. The van der Waals surface area contributed by atoms with Crippen molar-refractivity contribution in [3.8, 4) is 0 Å². The summed E-state index contributed by atoms with van der Waals surface area (Å²) >= 11 is 0. The van der Waals surface area contributed by atoms with Gasteiger partial charge in [-0.1, -0.05) is 31.2 Å². The molecule has 0 saturated heterocycles. The molecule has 20 heavy (non-hydrogen) atoms. The van der Waals surface area contributed by atoms with E-state index in [2.05, 4.69) is 48.5 Å². The molecule has 1 aromatic carbocycles. The summed E-state index contributed by atoms with van der Waals surface area (Å²) in [7, 11) is 4.33. The Hall–Kier alpha value is -0.860. The van der Waals surface area contributed by atoms with Crippen LogP contribution in [0.2, 0.25) is 0 Å². The van der Waals surface area contributed by atoms with Crippen LogP contribution in [-0.2, 0) is 13.0 Å². The molecule has 2 nitrogen and oxygen atoms in total. The van der Waals surface area contributed by atoms with E-state index in [0.717, 1.165) is 31.5 Å². The van der Waals surface area contributed by atoms with Gasteiger partial charge < -0.3 is 5.32 Å². The zero-order valence-corrected chi connectivity index (χ0v) is 13.4. The van der Waals surface area contributed by atoms with Crippen LogP contribution in [0.3, 0.4) is 0 Å². The predicted octanol–water partition coefficient (Wildman–Crippen LogP) is 3.46. The van der Waals surface area contributed by atoms with E-state index < -0.39 is 0 Å². The van der Waals surface area contributed by atoms with Crippen molar-refractivity contribution in [2.75, 3.05) is 20.6 Å². The zero-order valence-electron chi connectivity index (χ0n) is 13.4. The summed E-state index contributed by atoms with van der Waals surface area (Å²) in [5, 5.41) is 3.25.